The second-order valence-electron chi connectivity index (χ2n) is 7.24. The Morgan fingerprint density at radius 1 is 1.10 bits per heavy atom. The molecule has 1 N–H and O–H groups in total. The maximum atomic E-state index is 12.3. The molecule has 0 fully saturated rings. The first-order valence-corrected chi connectivity index (χ1v) is 9.54. The fraction of sp³-hybridized carbons (Fsp3) is 0.304. The van der Waals surface area contributed by atoms with Crippen LogP contribution in [0.15, 0.2) is 48.6 Å². The minimum absolute atomic E-state index is 0.0337. The molecule has 3 unspecified atom stereocenters. The van der Waals surface area contributed by atoms with E-state index in [1.807, 2.05) is 18.2 Å². The molecule has 2 aliphatic rings. The van der Waals surface area contributed by atoms with Crippen molar-refractivity contribution in [1.82, 2.24) is 0 Å². The molecule has 6 heteroatoms. The van der Waals surface area contributed by atoms with Gasteiger partial charge in [-0.2, -0.15) is 0 Å². The molecule has 1 aliphatic heterocycles. The van der Waals surface area contributed by atoms with Gasteiger partial charge in [-0.15, -0.1) is 0 Å². The summed E-state index contributed by atoms with van der Waals surface area (Å²) in [6.45, 7) is 1.36. The van der Waals surface area contributed by atoms with E-state index in [2.05, 4.69) is 23.5 Å². The first kappa shape index (κ1) is 19.1. The van der Waals surface area contributed by atoms with E-state index in [-0.39, 0.29) is 17.9 Å². The highest BCUT2D eigenvalue weighted by Gasteiger charge is 2.39. The second-order valence-corrected chi connectivity index (χ2v) is 7.24. The maximum Gasteiger partial charge on any atom is 0.339 e. The van der Waals surface area contributed by atoms with Crippen molar-refractivity contribution < 1.29 is 23.8 Å². The summed E-state index contributed by atoms with van der Waals surface area (Å²) in [6, 6.07) is 11.3. The van der Waals surface area contributed by atoms with E-state index in [1.165, 1.54) is 14.0 Å². The summed E-state index contributed by atoms with van der Waals surface area (Å²) in [5.74, 6) is 0.630. The van der Waals surface area contributed by atoms with Crippen LogP contribution in [0.5, 0.6) is 11.5 Å². The molecule has 0 saturated heterocycles. The van der Waals surface area contributed by atoms with Crippen LogP contribution in [0.3, 0.4) is 0 Å². The van der Waals surface area contributed by atoms with E-state index >= 15 is 0 Å². The van der Waals surface area contributed by atoms with Gasteiger partial charge in [-0.25, -0.2) is 4.79 Å². The van der Waals surface area contributed by atoms with Crippen molar-refractivity contribution in [2.45, 2.75) is 25.3 Å². The Hall–Kier alpha value is -3.28. The Morgan fingerprint density at radius 2 is 1.93 bits per heavy atom. The van der Waals surface area contributed by atoms with Gasteiger partial charge in [0.1, 0.15) is 0 Å². The number of para-hydroxylation sites is 1. The fourth-order valence-electron chi connectivity index (χ4n) is 4.35. The average Bonchev–Trinajstić information content (AvgIpc) is 3.22. The molecule has 4 rings (SSSR count). The summed E-state index contributed by atoms with van der Waals surface area (Å²) < 4.78 is 15.7. The number of fused-ring (bicyclic) bond motifs is 3. The average molecular weight is 393 g/mol. The van der Waals surface area contributed by atoms with Crippen LogP contribution < -0.4 is 14.8 Å². The molecule has 2 aromatic rings. The summed E-state index contributed by atoms with van der Waals surface area (Å²) in [5.41, 5.74) is 3.44. The molecular weight excluding hydrogens is 370 g/mol. The summed E-state index contributed by atoms with van der Waals surface area (Å²) in [4.78, 5) is 23.7. The molecule has 0 radical (unpaired) electrons. The number of ether oxygens (including phenoxy) is 3. The topological polar surface area (TPSA) is 73.9 Å². The van der Waals surface area contributed by atoms with Crippen LogP contribution in [0.1, 0.15) is 46.8 Å². The van der Waals surface area contributed by atoms with Gasteiger partial charge in [0.05, 0.1) is 31.5 Å². The largest absolute Gasteiger partial charge is 0.493 e. The monoisotopic (exact) mass is 393 g/mol. The van der Waals surface area contributed by atoms with Gasteiger partial charge >= 0.3 is 11.9 Å². The van der Waals surface area contributed by atoms with Gasteiger partial charge in [-0.3, -0.25) is 4.79 Å². The molecule has 0 aromatic heterocycles. The number of nitrogens with one attached hydrogen (secondary N) is 1. The zero-order chi connectivity index (χ0) is 20.5. The third-order valence-corrected chi connectivity index (χ3v) is 5.60. The molecule has 0 bridgehead atoms. The number of benzene rings is 2. The molecule has 0 amide bonds. The number of allylic oxidation sites excluding steroid dienone is 2. The van der Waals surface area contributed by atoms with Crippen LogP contribution >= 0.6 is 0 Å². The number of esters is 2. The highest BCUT2D eigenvalue weighted by Crippen LogP contribution is 2.51. The van der Waals surface area contributed by atoms with Crippen LogP contribution in [0, 0.1) is 5.92 Å². The maximum absolute atomic E-state index is 12.3. The Labute approximate surface area is 169 Å². The van der Waals surface area contributed by atoms with Crippen molar-refractivity contribution in [2.75, 3.05) is 19.5 Å². The van der Waals surface area contributed by atoms with E-state index in [4.69, 9.17) is 14.2 Å². The molecule has 29 heavy (non-hydrogen) atoms. The summed E-state index contributed by atoms with van der Waals surface area (Å²) in [6.07, 6.45) is 5.33. The molecule has 1 aliphatic carbocycles. The number of carbonyl (C=O) groups excluding carboxylic acids is 2. The van der Waals surface area contributed by atoms with Crippen molar-refractivity contribution in [3.8, 4) is 11.5 Å². The third-order valence-electron chi connectivity index (χ3n) is 5.60. The number of hydrogen-bond donors (Lipinski definition) is 1. The lowest BCUT2D eigenvalue weighted by atomic mass is 9.76. The molecule has 0 saturated carbocycles. The molecule has 1 heterocycles. The van der Waals surface area contributed by atoms with Gasteiger partial charge < -0.3 is 19.5 Å². The van der Waals surface area contributed by atoms with Crippen molar-refractivity contribution in [2.24, 2.45) is 5.92 Å². The predicted molar refractivity (Wildman–Crippen MR) is 108 cm³/mol. The zero-order valence-electron chi connectivity index (χ0n) is 16.6. The Balaban J connectivity index is 1.77. The Bertz CT molecular complexity index is 997. The third kappa shape index (κ3) is 3.35. The summed E-state index contributed by atoms with van der Waals surface area (Å²) in [7, 11) is 2.93. The van der Waals surface area contributed by atoms with E-state index in [9.17, 15) is 9.59 Å². The lowest BCUT2D eigenvalue weighted by Crippen LogP contribution is -2.30. The van der Waals surface area contributed by atoms with Crippen molar-refractivity contribution >= 4 is 17.6 Å². The fourth-order valence-corrected chi connectivity index (χ4v) is 4.35. The first-order chi connectivity index (χ1) is 14.0. The molecule has 150 valence electrons. The van der Waals surface area contributed by atoms with Crippen LogP contribution in [-0.4, -0.2) is 26.2 Å². The number of hydrogen-bond acceptors (Lipinski definition) is 6. The SMILES string of the molecule is COC(=O)c1cccc2c1NC(c1ccc(OC(C)=O)c(OC)c1)C1CC=CC21. The molecule has 3 atom stereocenters. The van der Waals surface area contributed by atoms with E-state index < -0.39 is 5.97 Å². The normalized spacial score (nSPS) is 21.6. The molecule has 2 aromatic carbocycles. The van der Waals surface area contributed by atoms with E-state index in [0.717, 1.165) is 23.2 Å². The van der Waals surface area contributed by atoms with Crippen LogP contribution in [0.25, 0.3) is 0 Å². The van der Waals surface area contributed by atoms with E-state index in [1.54, 1.807) is 19.2 Å². The van der Waals surface area contributed by atoms with Crippen LogP contribution in [-0.2, 0) is 9.53 Å². The Kier molecular flexibility index (Phi) is 5.01. The van der Waals surface area contributed by atoms with Gasteiger partial charge in [0.25, 0.3) is 0 Å². The summed E-state index contributed by atoms with van der Waals surface area (Å²) >= 11 is 0. The second kappa shape index (κ2) is 7.62. The predicted octanol–water partition coefficient (Wildman–Crippen LogP) is 4.23. The summed E-state index contributed by atoms with van der Waals surface area (Å²) in [5, 5.41) is 3.58. The molecular formula is C23H23NO5. The number of anilines is 1. The highest BCUT2D eigenvalue weighted by molar-refractivity contribution is 5.97. The number of rotatable bonds is 4. The van der Waals surface area contributed by atoms with Gasteiger partial charge in [-0.05, 0) is 41.7 Å². The van der Waals surface area contributed by atoms with Crippen LogP contribution in [0.4, 0.5) is 5.69 Å². The van der Waals surface area contributed by atoms with Gasteiger partial charge in [0.2, 0.25) is 0 Å². The standard InChI is InChI=1S/C23H23NO5/c1-13(25)29-19-11-10-14(12-20(19)27-2)21-16-7-4-6-15(16)17-8-5-9-18(22(17)24-21)23(26)28-3/h4-6,8-12,15-16,21,24H,7H2,1-3H3. The van der Waals surface area contributed by atoms with Crippen LogP contribution in [0.2, 0.25) is 0 Å². The van der Waals surface area contributed by atoms with Gasteiger partial charge in [0, 0.05) is 12.8 Å². The van der Waals surface area contributed by atoms with Gasteiger partial charge in [-0.1, -0.05) is 30.4 Å². The van der Waals surface area contributed by atoms with E-state index in [0.29, 0.717) is 23.0 Å². The number of carbonyl (C=O) groups is 2. The van der Waals surface area contributed by atoms with Crippen molar-refractivity contribution in [3.63, 3.8) is 0 Å². The zero-order valence-corrected chi connectivity index (χ0v) is 16.6. The lowest BCUT2D eigenvalue weighted by Gasteiger charge is -2.38. The molecule has 6 nitrogen and oxygen atoms in total. The minimum Gasteiger partial charge on any atom is -0.493 e. The first-order valence-electron chi connectivity index (χ1n) is 9.54. The number of methoxy groups -OCH3 is 2. The Morgan fingerprint density at radius 3 is 2.66 bits per heavy atom. The molecule has 0 spiro atoms. The lowest BCUT2D eigenvalue weighted by molar-refractivity contribution is -0.132. The smallest absolute Gasteiger partial charge is 0.339 e. The minimum atomic E-state index is -0.399. The quantitative estimate of drug-likeness (QED) is 0.476. The van der Waals surface area contributed by atoms with Gasteiger partial charge in [0.15, 0.2) is 11.5 Å². The van der Waals surface area contributed by atoms with Crippen molar-refractivity contribution in [3.05, 3.63) is 65.2 Å². The van der Waals surface area contributed by atoms with Crippen molar-refractivity contribution in [1.29, 1.82) is 0 Å². The highest BCUT2D eigenvalue weighted by atomic mass is 16.6.